The number of amides is 1. The Kier molecular flexibility index (Phi) is 3.47. The molecule has 0 aliphatic rings. The number of hydrogen-bond acceptors (Lipinski definition) is 1. The third-order valence-corrected chi connectivity index (χ3v) is 2.35. The molecule has 76 valence electrons. The van der Waals surface area contributed by atoms with E-state index in [-0.39, 0.29) is 12.2 Å². The molecule has 0 saturated carbocycles. The molecular formula is C10H11ClFNO. The van der Waals surface area contributed by atoms with Crippen LogP contribution in [0.4, 0.5) is 4.39 Å². The second-order valence-electron chi connectivity index (χ2n) is 3.12. The van der Waals surface area contributed by atoms with Gasteiger partial charge in [-0.2, -0.15) is 0 Å². The molecule has 0 aromatic heterocycles. The van der Waals surface area contributed by atoms with Gasteiger partial charge in [0.25, 0.3) is 0 Å². The Labute approximate surface area is 86.9 Å². The maximum atomic E-state index is 13.4. The van der Waals surface area contributed by atoms with E-state index in [1.807, 2.05) is 0 Å². The van der Waals surface area contributed by atoms with Crippen molar-refractivity contribution in [1.82, 2.24) is 0 Å². The Hall–Kier alpha value is -1.09. The van der Waals surface area contributed by atoms with E-state index >= 15 is 0 Å². The molecule has 1 unspecified atom stereocenters. The van der Waals surface area contributed by atoms with E-state index in [2.05, 4.69) is 0 Å². The van der Waals surface area contributed by atoms with Gasteiger partial charge >= 0.3 is 0 Å². The number of hydrogen-bond donors (Lipinski definition) is 1. The zero-order valence-corrected chi connectivity index (χ0v) is 8.51. The van der Waals surface area contributed by atoms with Crippen molar-refractivity contribution >= 4 is 17.5 Å². The summed E-state index contributed by atoms with van der Waals surface area (Å²) in [7, 11) is 0. The minimum absolute atomic E-state index is 0.129. The fraction of sp³-hybridized carbons (Fsp3) is 0.300. The zero-order valence-electron chi connectivity index (χ0n) is 7.76. The van der Waals surface area contributed by atoms with Gasteiger partial charge in [-0.05, 0) is 18.1 Å². The first-order chi connectivity index (χ1) is 6.52. The summed E-state index contributed by atoms with van der Waals surface area (Å²) in [5.41, 5.74) is 5.94. The number of aryl methyl sites for hydroxylation is 1. The summed E-state index contributed by atoms with van der Waals surface area (Å²) in [6, 6.07) is 4.98. The van der Waals surface area contributed by atoms with Gasteiger partial charge in [0.1, 0.15) is 11.2 Å². The van der Waals surface area contributed by atoms with Crippen LogP contribution in [0.3, 0.4) is 0 Å². The Balaban J connectivity index is 2.87. The summed E-state index contributed by atoms with van der Waals surface area (Å²) >= 11 is 5.63. The van der Waals surface area contributed by atoms with Gasteiger partial charge in [-0.15, -0.1) is 11.6 Å². The summed E-state index contributed by atoms with van der Waals surface area (Å²) in [5, 5.41) is -0.855. The maximum Gasteiger partial charge on any atom is 0.235 e. The summed E-state index contributed by atoms with van der Waals surface area (Å²) in [6.45, 7) is 1.66. The van der Waals surface area contributed by atoms with Crippen molar-refractivity contribution in [2.24, 2.45) is 5.73 Å². The second-order valence-corrected chi connectivity index (χ2v) is 3.65. The number of carbonyl (C=O) groups excluding carboxylic acids is 1. The predicted octanol–water partition coefficient (Wildman–Crippen LogP) is 1.77. The van der Waals surface area contributed by atoms with Crippen molar-refractivity contribution in [3.8, 4) is 0 Å². The minimum Gasteiger partial charge on any atom is -0.368 e. The number of primary amides is 1. The standard InChI is InChI=1S/C10H11ClFNO/c1-6-3-2-4-7(9(6)12)5-8(11)10(13)14/h2-4,8H,5H2,1H3,(H2,13,14). The Morgan fingerprint density at radius 3 is 2.86 bits per heavy atom. The third kappa shape index (κ3) is 2.45. The molecule has 1 amide bonds. The van der Waals surface area contributed by atoms with E-state index in [0.717, 1.165) is 0 Å². The van der Waals surface area contributed by atoms with Crippen LogP contribution in [-0.4, -0.2) is 11.3 Å². The average molecular weight is 216 g/mol. The molecule has 1 atom stereocenters. The lowest BCUT2D eigenvalue weighted by Gasteiger charge is -2.07. The molecule has 2 N–H and O–H groups in total. The zero-order chi connectivity index (χ0) is 10.7. The van der Waals surface area contributed by atoms with Crippen LogP contribution in [0.2, 0.25) is 0 Å². The maximum absolute atomic E-state index is 13.4. The molecular weight excluding hydrogens is 205 g/mol. The number of rotatable bonds is 3. The highest BCUT2D eigenvalue weighted by atomic mass is 35.5. The molecule has 1 aromatic carbocycles. The van der Waals surface area contributed by atoms with Gasteiger partial charge in [-0.3, -0.25) is 4.79 Å². The van der Waals surface area contributed by atoms with E-state index in [1.165, 1.54) is 0 Å². The van der Waals surface area contributed by atoms with Crippen molar-refractivity contribution in [1.29, 1.82) is 0 Å². The van der Waals surface area contributed by atoms with Crippen LogP contribution in [0.5, 0.6) is 0 Å². The molecule has 0 heterocycles. The first-order valence-electron chi connectivity index (χ1n) is 4.19. The second kappa shape index (κ2) is 4.42. The molecule has 0 saturated heterocycles. The Morgan fingerprint density at radius 1 is 1.64 bits per heavy atom. The SMILES string of the molecule is Cc1cccc(CC(Cl)C(N)=O)c1F. The summed E-state index contributed by atoms with van der Waals surface area (Å²) in [6.07, 6.45) is 0.129. The van der Waals surface area contributed by atoms with Gasteiger partial charge < -0.3 is 5.73 Å². The van der Waals surface area contributed by atoms with Crippen LogP contribution in [-0.2, 0) is 11.2 Å². The molecule has 0 aliphatic heterocycles. The van der Waals surface area contributed by atoms with Gasteiger partial charge in [0.05, 0.1) is 0 Å². The van der Waals surface area contributed by atoms with Gasteiger partial charge in [0.2, 0.25) is 5.91 Å². The van der Waals surface area contributed by atoms with Crippen molar-refractivity contribution in [3.63, 3.8) is 0 Å². The molecule has 1 rings (SSSR count). The van der Waals surface area contributed by atoms with E-state index < -0.39 is 11.3 Å². The number of halogens is 2. The first kappa shape index (κ1) is 11.0. The van der Waals surface area contributed by atoms with E-state index in [9.17, 15) is 9.18 Å². The van der Waals surface area contributed by atoms with Crippen LogP contribution in [0.15, 0.2) is 18.2 Å². The highest BCUT2D eigenvalue weighted by Gasteiger charge is 2.15. The topological polar surface area (TPSA) is 43.1 Å². The lowest BCUT2D eigenvalue weighted by atomic mass is 10.1. The average Bonchev–Trinajstić information content (AvgIpc) is 2.12. The molecule has 0 bridgehead atoms. The highest BCUT2D eigenvalue weighted by molar-refractivity contribution is 6.30. The van der Waals surface area contributed by atoms with Gasteiger partial charge in [-0.1, -0.05) is 18.2 Å². The molecule has 2 nitrogen and oxygen atoms in total. The molecule has 4 heteroatoms. The van der Waals surface area contributed by atoms with Crippen LogP contribution in [0.1, 0.15) is 11.1 Å². The summed E-state index contributed by atoms with van der Waals surface area (Å²) < 4.78 is 13.4. The van der Waals surface area contributed by atoms with Gasteiger partial charge in [0, 0.05) is 6.42 Å². The predicted molar refractivity (Wildman–Crippen MR) is 53.7 cm³/mol. The van der Waals surface area contributed by atoms with Gasteiger partial charge in [-0.25, -0.2) is 4.39 Å². The quantitative estimate of drug-likeness (QED) is 0.768. The smallest absolute Gasteiger partial charge is 0.235 e. The largest absolute Gasteiger partial charge is 0.368 e. The molecule has 0 spiro atoms. The van der Waals surface area contributed by atoms with E-state index in [0.29, 0.717) is 11.1 Å². The highest BCUT2D eigenvalue weighted by Crippen LogP contribution is 2.15. The molecule has 14 heavy (non-hydrogen) atoms. The molecule has 1 aromatic rings. The van der Waals surface area contributed by atoms with Crippen molar-refractivity contribution in [2.45, 2.75) is 18.7 Å². The van der Waals surface area contributed by atoms with Crippen molar-refractivity contribution < 1.29 is 9.18 Å². The fourth-order valence-electron chi connectivity index (χ4n) is 1.16. The fourth-order valence-corrected chi connectivity index (χ4v) is 1.33. The Bertz CT molecular complexity index is 354. The number of carbonyl (C=O) groups is 1. The minimum atomic E-state index is -0.855. The number of benzene rings is 1. The Morgan fingerprint density at radius 2 is 2.29 bits per heavy atom. The third-order valence-electron chi connectivity index (χ3n) is 1.98. The van der Waals surface area contributed by atoms with Crippen molar-refractivity contribution in [2.75, 3.05) is 0 Å². The van der Waals surface area contributed by atoms with Crippen molar-refractivity contribution in [3.05, 3.63) is 35.1 Å². The summed E-state index contributed by atoms with van der Waals surface area (Å²) in [5.74, 6) is -0.952. The van der Waals surface area contributed by atoms with Crippen LogP contribution in [0.25, 0.3) is 0 Å². The van der Waals surface area contributed by atoms with Gasteiger partial charge in [0.15, 0.2) is 0 Å². The van der Waals surface area contributed by atoms with Crippen LogP contribution >= 0.6 is 11.6 Å². The number of alkyl halides is 1. The lowest BCUT2D eigenvalue weighted by Crippen LogP contribution is -2.25. The molecule has 0 fully saturated rings. The lowest BCUT2D eigenvalue weighted by molar-refractivity contribution is -0.117. The van der Waals surface area contributed by atoms with Crippen LogP contribution in [0, 0.1) is 12.7 Å². The summed E-state index contributed by atoms with van der Waals surface area (Å²) in [4.78, 5) is 10.7. The van der Waals surface area contributed by atoms with E-state index in [1.54, 1.807) is 25.1 Å². The normalized spacial score (nSPS) is 12.5. The molecule has 0 aliphatic carbocycles. The molecule has 0 radical (unpaired) electrons. The first-order valence-corrected chi connectivity index (χ1v) is 4.63. The van der Waals surface area contributed by atoms with Crippen LogP contribution < -0.4 is 5.73 Å². The van der Waals surface area contributed by atoms with E-state index in [4.69, 9.17) is 17.3 Å². The monoisotopic (exact) mass is 215 g/mol. The number of nitrogens with two attached hydrogens (primary N) is 1.